The zero-order chi connectivity index (χ0) is 15.2. The molecule has 2 rings (SSSR count). The molecule has 0 spiro atoms. The third-order valence-corrected chi connectivity index (χ3v) is 3.94. The van der Waals surface area contributed by atoms with Gasteiger partial charge in [-0.25, -0.2) is 9.78 Å². The van der Waals surface area contributed by atoms with Crippen molar-refractivity contribution in [1.82, 2.24) is 4.98 Å². The van der Waals surface area contributed by atoms with Gasteiger partial charge in [-0.3, -0.25) is 0 Å². The van der Waals surface area contributed by atoms with Gasteiger partial charge in [0.05, 0.1) is 17.2 Å². The third kappa shape index (κ3) is 3.92. The molecule has 110 valence electrons. The summed E-state index contributed by atoms with van der Waals surface area (Å²) in [7, 11) is 0. The average Bonchev–Trinajstić information content (AvgIpc) is 2.89. The number of carbonyl (C=O) groups is 1. The van der Waals surface area contributed by atoms with E-state index in [0.29, 0.717) is 6.61 Å². The minimum Gasteiger partial charge on any atom is -0.494 e. The van der Waals surface area contributed by atoms with E-state index in [1.54, 1.807) is 6.08 Å². The van der Waals surface area contributed by atoms with Crippen LogP contribution in [0, 0.1) is 0 Å². The second kappa shape index (κ2) is 7.04. The zero-order valence-electron chi connectivity index (χ0n) is 12.0. The second-order valence-electron chi connectivity index (χ2n) is 4.32. The zero-order valence-corrected chi connectivity index (χ0v) is 12.8. The molecule has 0 atom stereocenters. The summed E-state index contributed by atoms with van der Waals surface area (Å²) in [6, 6.07) is 7.77. The van der Waals surface area contributed by atoms with Gasteiger partial charge in [-0.15, -0.1) is 11.3 Å². The van der Waals surface area contributed by atoms with Crippen LogP contribution in [0.1, 0.15) is 24.4 Å². The number of nitrogens with zero attached hydrogens (tertiary/aromatic N) is 1. The van der Waals surface area contributed by atoms with E-state index < -0.39 is 5.97 Å². The molecule has 5 heteroatoms. The normalized spacial score (nSPS) is 11.0. The minimum atomic E-state index is -0.953. The van der Waals surface area contributed by atoms with Crippen LogP contribution in [0.25, 0.3) is 16.6 Å². The van der Waals surface area contributed by atoms with Crippen LogP contribution in [0.2, 0.25) is 0 Å². The lowest BCUT2D eigenvalue weighted by atomic mass is 10.2. The van der Waals surface area contributed by atoms with Crippen molar-refractivity contribution in [3.05, 3.63) is 40.9 Å². The molecule has 0 unspecified atom stereocenters. The first-order chi connectivity index (χ1) is 10.1. The number of ether oxygens (including phenoxy) is 1. The Kier molecular flexibility index (Phi) is 5.11. The minimum absolute atomic E-state index is 0.619. The van der Waals surface area contributed by atoms with Crippen molar-refractivity contribution in [3.8, 4) is 16.3 Å². The van der Waals surface area contributed by atoms with E-state index in [9.17, 15) is 4.79 Å². The molecule has 0 radical (unpaired) electrons. The summed E-state index contributed by atoms with van der Waals surface area (Å²) in [5, 5.41) is 9.61. The fraction of sp³-hybridized carbons (Fsp3) is 0.250. The molecular weight excluding hydrogens is 286 g/mol. The van der Waals surface area contributed by atoms with Crippen LogP contribution in [-0.4, -0.2) is 22.7 Å². The van der Waals surface area contributed by atoms with Gasteiger partial charge in [-0.2, -0.15) is 0 Å². The molecule has 0 saturated carbocycles. The van der Waals surface area contributed by atoms with Crippen LogP contribution in [0.4, 0.5) is 0 Å². The SMILES string of the molecule is CCOc1cccc(-c2nc(CC)c(/C=C/C(=O)O)s2)c1. The Morgan fingerprint density at radius 1 is 1.43 bits per heavy atom. The molecule has 2 aromatic rings. The predicted octanol–water partition coefficient (Wildman–Crippen LogP) is 3.87. The molecule has 21 heavy (non-hydrogen) atoms. The number of hydrogen-bond donors (Lipinski definition) is 1. The Bertz CT molecular complexity index is 661. The predicted molar refractivity (Wildman–Crippen MR) is 84.8 cm³/mol. The molecule has 0 amide bonds. The van der Waals surface area contributed by atoms with E-state index in [2.05, 4.69) is 4.98 Å². The Hall–Kier alpha value is -2.14. The van der Waals surface area contributed by atoms with Crippen molar-refractivity contribution in [2.24, 2.45) is 0 Å². The highest BCUT2D eigenvalue weighted by Gasteiger charge is 2.10. The molecule has 4 nitrogen and oxygen atoms in total. The standard InChI is InChI=1S/C16H17NO3S/c1-3-13-14(8-9-15(18)19)21-16(17-13)11-6-5-7-12(10-11)20-4-2/h5-10H,3-4H2,1-2H3,(H,18,19)/b9-8+. The van der Waals surface area contributed by atoms with Crippen LogP contribution in [0.5, 0.6) is 5.75 Å². The maximum absolute atomic E-state index is 10.6. The molecule has 0 bridgehead atoms. The van der Waals surface area contributed by atoms with E-state index in [1.165, 1.54) is 11.3 Å². The van der Waals surface area contributed by atoms with Crippen LogP contribution in [0.3, 0.4) is 0 Å². The summed E-state index contributed by atoms with van der Waals surface area (Å²) in [6.07, 6.45) is 3.52. The highest BCUT2D eigenvalue weighted by molar-refractivity contribution is 7.16. The highest BCUT2D eigenvalue weighted by Crippen LogP contribution is 2.31. The number of rotatable bonds is 6. The van der Waals surface area contributed by atoms with Gasteiger partial charge in [0.15, 0.2) is 0 Å². The van der Waals surface area contributed by atoms with Crippen molar-refractivity contribution in [1.29, 1.82) is 0 Å². The van der Waals surface area contributed by atoms with Gasteiger partial charge >= 0.3 is 5.97 Å². The Morgan fingerprint density at radius 3 is 2.90 bits per heavy atom. The smallest absolute Gasteiger partial charge is 0.328 e. The average molecular weight is 303 g/mol. The number of carboxylic acid groups (broad SMARTS) is 1. The summed E-state index contributed by atoms with van der Waals surface area (Å²) in [4.78, 5) is 16.1. The number of hydrogen-bond acceptors (Lipinski definition) is 4. The molecule has 1 heterocycles. The van der Waals surface area contributed by atoms with Gasteiger partial charge in [-0.05, 0) is 31.6 Å². The number of thiazole rings is 1. The fourth-order valence-electron chi connectivity index (χ4n) is 1.90. The fourth-order valence-corrected chi connectivity index (χ4v) is 2.96. The van der Waals surface area contributed by atoms with Crippen molar-refractivity contribution in [2.45, 2.75) is 20.3 Å². The van der Waals surface area contributed by atoms with Gasteiger partial charge in [0, 0.05) is 11.6 Å². The second-order valence-corrected chi connectivity index (χ2v) is 5.35. The van der Waals surface area contributed by atoms with Crippen molar-refractivity contribution < 1.29 is 14.6 Å². The molecule has 0 aliphatic rings. The monoisotopic (exact) mass is 303 g/mol. The van der Waals surface area contributed by atoms with Crippen LogP contribution in [0.15, 0.2) is 30.3 Å². The molecule has 0 fully saturated rings. The maximum Gasteiger partial charge on any atom is 0.328 e. The van der Waals surface area contributed by atoms with Gasteiger partial charge in [-0.1, -0.05) is 19.1 Å². The summed E-state index contributed by atoms with van der Waals surface area (Å²) >= 11 is 1.49. The first-order valence-electron chi connectivity index (χ1n) is 6.78. The number of aromatic nitrogens is 1. The molecule has 0 aliphatic heterocycles. The number of aliphatic carboxylic acids is 1. The molecule has 1 aromatic heterocycles. The van der Waals surface area contributed by atoms with Crippen molar-refractivity contribution in [3.63, 3.8) is 0 Å². The third-order valence-electron chi connectivity index (χ3n) is 2.83. The lowest BCUT2D eigenvalue weighted by Gasteiger charge is -2.03. The number of aryl methyl sites for hydroxylation is 1. The summed E-state index contributed by atoms with van der Waals surface area (Å²) in [5.41, 5.74) is 1.89. The largest absolute Gasteiger partial charge is 0.494 e. The summed E-state index contributed by atoms with van der Waals surface area (Å²) < 4.78 is 5.50. The highest BCUT2D eigenvalue weighted by atomic mass is 32.1. The van der Waals surface area contributed by atoms with E-state index in [0.717, 1.165) is 39.4 Å². The summed E-state index contributed by atoms with van der Waals surface area (Å²) in [5.74, 6) is -0.142. The van der Waals surface area contributed by atoms with Crippen molar-refractivity contribution in [2.75, 3.05) is 6.61 Å². The Labute approximate surface area is 127 Å². The maximum atomic E-state index is 10.6. The lowest BCUT2D eigenvalue weighted by molar-refractivity contribution is -0.131. The van der Waals surface area contributed by atoms with Gasteiger partial charge < -0.3 is 9.84 Å². The quantitative estimate of drug-likeness (QED) is 0.823. The van der Waals surface area contributed by atoms with Gasteiger partial charge in [0.25, 0.3) is 0 Å². The molecule has 1 aromatic carbocycles. The van der Waals surface area contributed by atoms with Crippen LogP contribution < -0.4 is 4.74 Å². The number of carboxylic acids is 1. The Morgan fingerprint density at radius 2 is 2.24 bits per heavy atom. The molecule has 1 N–H and O–H groups in total. The van der Waals surface area contributed by atoms with Crippen LogP contribution >= 0.6 is 11.3 Å². The Balaban J connectivity index is 2.36. The van der Waals surface area contributed by atoms with E-state index >= 15 is 0 Å². The van der Waals surface area contributed by atoms with Crippen LogP contribution in [-0.2, 0) is 11.2 Å². The van der Waals surface area contributed by atoms with E-state index in [4.69, 9.17) is 9.84 Å². The first kappa shape index (κ1) is 15.3. The molecular formula is C16H17NO3S. The summed E-state index contributed by atoms with van der Waals surface area (Å²) in [6.45, 7) is 4.57. The van der Waals surface area contributed by atoms with E-state index in [1.807, 2.05) is 38.1 Å². The van der Waals surface area contributed by atoms with Crippen molar-refractivity contribution >= 4 is 23.4 Å². The molecule has 0 aliphatic carbocycles. The lowest BCUT2D eigenvalue weighted by Crippen LogP contribution is -1.91. The van der Waals surface area contributed by atoms with Gasteiger partial charge in [0.1, 0.15) is 10.8 Å². The van der Waals surface area contributed by atoms with E-state index in [-0.39, 0.29) is 0 Å². The van der Waals surface area contributed by atoms with Gasteiger partial charge in [0.2, 0.25) is 0 Å². The first-order valence-corrected chi connectivity index (χ1v) is 7.59. The topological polar surface area (TPSA) is 59.4 Å². The number of benzene rings is 1. The molecule has 0 saturated heterocycles.